The Bertz CT molecular complexity index is 608. The van der Waals surface area contributed by atoms with Crippen LogP contribution in [0.25, 0.3) is 5.69 Å². The Balaban J connectivity index is 2.07. The molecule has 1 heterocycles. The average Bonchev–Trinajstić information content (AvgIpc) is 3.01. The average molecular weight is 289 g/mol. The molecule has 7 heteroatoms. The summed E-state index contributed by atoms with van der Waals surface area (Å²) in [5.41, 5.74) is 1.14. The van der Waals surface area contributed by atoms with Crippen molar-refractivity contribution in [3.63, 3.8) is 0 Å². The number of hydrogen-bond donors (Lipinski definition) is 3. The summed E-state index contributed by atoms with van der Waals surface area (Å²) in [6.45, 7) is -0.310. The van der Waals surface area contributed by atoms with Gasteiger partial charge < -0.3 is 15.5 Å². The molecule has 1 aromatic carbocycles. The van der Waals surface area contributed by atoms with E-state index in [9.17, 15) is 9.59 Å². The second-order valence-electron chi connectivity index (χ2n) is 4.37. The topological polar surface area (TPSA) is 104 Å². The molecule has 0 fully saturated rings. The number of benzene rings is 1. The second-order valence-corrected chi connectivity index (χ2v) is 4.37. The number of rotatable bonds is 6. The van der Waals surface area contributed by atoms with E-state index in [4.69, 9.17) is 10.2 Å². The molecule has 0 aliphatic heterocycles. The van der Waals surface area contributed by atoms with Gasteiger partial charge in [-0.05, 0) is 30.3 Å². The van der Waals surface area contributed by atoms with Crippen LogP contribution in [0, 0.1) is 0 Å². The van der Waals surface area contributed by atoms with Crippen molar-refractivity contribution in [1.82, 2.24) is 15.1 Å². The van der Waals surface area contributed by atoms with Crippen molar-refractivity contribution in [3.8, 4) is 5.69 Å². The number of nitrogens with one attached hydrogen (secondary N) is 1. The van der Waals surface area contributed by atoms with Crippen LogP contribution in [0.2, 0.25) is 0 Å². The number of hydrogen-bond acceptors (Lipinski definition) is 4. The fourth-order valence-electron chi connectivity index (χ4n) is 1.82. The van der Waals surface area contributed by atoms with E-state index in [1.165, 1.54) is 0 Å². The second kappa shape index (κ2) is 6.67. The predicted octanol–water partition coefficient (Wildman–Crippen LogP) is 0.438. The first-order valence-electron chi connectivity index (χ1n) is 6.36. The SMILES string of the molecule is O=C(N[C@H](CCO)C(=O)O)c1ccc(-n2cccn2)cc1. The van der Waals surface area contributed by atoms with Gasteiger partial charge in [-0.15, -0.1) is 0 Å². The number of aromatic nitrogens is 2. The molecule has 0 bridgehead atoms. The molecule has 2 aromatic rings. The lowest BCUT2D eigenvalue weighted by atomic mass is 10.1. The highest BCUT2D eigenvalue weighted by atomic mass is 16.4. The van der Waals surface area contributed by atoms with Gasteiger partial charge in [0.15, 0.2) is 0 Å². The fraction of sp³-hybridized carbons (Fsp3) is 0.214. The number of carboxylic acid groups (broad SMARTS) is 1. The molecule has 1 atom stereocenters. The van der Waals surface area contributed by atoms with Gasteiger partial charge in [0.05, 0.1) is 5.69 Å². The van der Waals surface area contributed by atoms with Crippen molar-refractivity contribution in [2.75, 3.05) is 6.61 Å². The Kier molecular flexibility index (Phi) is 4.68. The summed E-state index contributed by atoms with van der Waals surface area (Å²) in [5, 5.41) is 24.2. The lowest BCUT2D eigenvalue weighted by Gasteiger charge is -2.13. The van der Waals surface area contributed by atoms with Crippen LogP contribution in [0.15, 0.2) is 42.7 Å². The summed E-state index contributed by atoms with van der Waals surface area (Å²) < 4.78 is 1.65. The lowest BCUT2D eigenvalue weighted by molar-refractivity contribution is -0.139. The van der Waals surface area contributed by atoms with Crippen molar-refractivity contribution in [3.05, 3.63) is 48.3 Å². The van der Waals surface area contributed by atoms with Crippen LogP contribution in [0.1, 0.15) is 16.8 Å². The molecule has 0 saturated carbocycles. The van der Waals surface area contributed by atoms with Crippen LogP contribution >= 0.6 is 0 Å². The summed E-state index contributed by atoms with van der Waals surface area (Å²) in [4.78, 5) is 22.9. The Morgan fingerprint density at radius 1 is 1.29 bits per heavy atom. The first-order valence-corrected chi connectivity index (χ1v) is 6.36. The Hall–Kier alpha value is -2.67. The summed E-state index contributed by atoms with van der Waals surface area (Å²) in [5.74, 6) is -1.67. The van der Waals surface area contributed by atoms with Gasteiger partial charge in [0, 0.05) is 31.0 Å². The smallest absolute Gasteiger partial charge is 0.326 e. The van der Waals surface area contributed by atoms with Gasteiger partial charge in [-0.1, -0.05) is 0 Å². The van der Waals surface area contributed by atoms with Crippen molar-refractivity contribution in [2.24, 2.45) is 0 Å². The highest BCUT2D eigenvalue weighted by Gasteiger charge is 2.19. The molecule has 0 spiro atoms. The molecular weight excluding hydrogens is 274 g/mol. The van der Waals surface area contributed by atoms with E-state index in [0.29, 0.717) is 5.56 Å². The van der Waals surface area contributed by atoms with Crippen LogP contribution in [0.5, 0.6) is 0 Å². The maximum Gasteiger partial charge on any atom is 0.326 e. The number of amides is 1. The monoisotopic (exact) mass is 289 g/mol. The number of nitrogens with zero attached hydrogens (tertiary/aromatic N) is 2. The Labute approximate surface area is 120 Å². The number of carboxylic acids is 1. The quantitative estimate of drug-likeness (QED) is 0.715. The van der Waals surface area contributed by atoms with Gasteiger partial charge >= 0.3 is 5.97 Å². The summed E-state index contributed by atoms with van der Waals surface area (Å²) in [6.07, 6.45) is 3.39. The predicted molar refractivity (Wildman–Crippen MR) is 74.2 cm³/mol. The van der Waals surface area contributed by atoms with E-state index in [1.807, 2.05) is 0 Å². The molecule has 1 amide bonds. The molecule has 7 nitrogen and oxygen atoms in total. The molecule has 110 valence electrons. The van der Waals surface area contributed by atoms with E-state index >= 15 is 0 Å². The minimum absolute atomic E-state index is 0.0353. The van der Waals surface area contributed by atoms with E-state index in [-0.39, 0.29) is 13.0 Å². The van der Waals surface area contributed by atoms with Crippen LogP contribution in [-0.2, 0) is 4.79 Å². The molecule has 21 heavy (non-hydrogen) atoms. The van der Waals surface area contributed by atoms with E-state index < -0.39 is 17.9 Å². The molecular formula is C14H15N3O4. The minimum Gasteiger partial charge on any atom is -0.480 e. The molecule has 2 rings (SSSR count). The highest BCUT2D eigenvalue weighted by molar-refractivity contribution is 5.96. The van der Waals surface area contributed by atoms with Crippen LogP contribution in [0.4, 0.5) is 0 Å². The largest absolute Gasteiger partial charge is 0.480 e. The third-order valence-corrected chi connectivity index (χ3v) is 2.92. The molecule has 3 N–H and O–H groups in total. The van der Waals surface area contributed by atoms with Gasteiger partial charge in [0.25, 0.3) is 5.91 Å². The lowest BCUT2D eigenvalue weighted by Crippen LogP contribution is -2.41. The summed E-state index contributed by atoms with van der Waals surface area (Å²) in [7, 11) is 0. The van der Waals surface area contributed by atoms with Crippen LogP contribution < -0.4 is 5.32 Å². The first-order chi connectivity index (χ1) is 10.1. The van der Waals surface area contributed by atoms with Crippen molar-refractivity contribution in [2.45, 2.75) is 12.5 Å². The molecule has 0 radical (unpaired) electrons. The standard InChI is InChI=1S/C14H15N3O4/c18-9-6-12(14(20)21)16-13(19)10-2-4-11(5-3-10)17-8-1-7-15-17/h1-5,7-8,12,18H,6,9H2,(H,16,19)(H,20,21)/t12-/m1/s1. The molecule has 0 aliphatic carbocycles. The number of carbonyl (C=O) groups excluding carboxylic acids is 1. The first kappa shape index (κ1) is 14.7. The molecule has 0 aliphatic rings. The normalized spacial score (nSPS) is 11.9. The summed E-state index contributed by atoms with van der Waals surface area (Å²) in [6, 6.07) is 7.28. The fourth-order valence-corrected chi connectivity index (χ4v) is 1.82. The highest BCUT2D eigenvalue weighted by Crippen LogP contribution is 2.09. The maximum atomic E-state index is 12.0. The maximum absolute atomic E-state index is 12.0. The molecule has 0 unspecified atom stereocenters. The number of aliphatic hydroxyl groups excluding tert-OH is 1. The van der Waals surface area contributed by atoms with Gasteiger partial charge in [0.2, 0.25) is 0 Å². The van der Waals surface area contributed by atoms with E-state index in [0.717, 1.165) is 5.69 Å². The van der Waals surface area contributed by atoms with Crippen molar-refractivity contribution in [1.29, 1.82) is 0 Å². The third kappa shape index (κ3) is 3.67. The molecule has 1 aromatic heterocycles. The van der Waals surface area contributed by atoms with Crippen molar-refractivity contribution < 1.29 is 19.8 Å². The zero-order valence-electron chi connectivity index (χ0n) is 11.1. The summed E-state index contributed by atoms with van der Waals surface area (Å²) >= 11 is 0. The van der Waals surface area contributed by atoms with Crippen LogP contribution in [-0.4, -0.2) is 44.5 Å². The van der Waals surface area contributed by atoms with Gasteiger partial charge in [-0.25, -0.2) is 9.48 Å². The Morgan fingerprint density at radius 3 is 2.52 bits per heavy atom. The van der Waals surface area contributed by atoms with Gasteiger partial charge in [-0.3, -0.25) is 4.79 Å². The number of carbonyl (C=O) groups is 2. The Morgan fingerprint density at radius 2 is 2.00 bits per heavy atom. The van der Waals surface area contributed by atoms with Gasteiger partial charge in [-0.2, -0.15) is 5.10 Å². The van der Waals surface area contributed by atoms with Crippen LogP contribution in [0.3, 0.4) is 0 Å². The zero-order valence-corrected chi connectivity index (χ0v) is 11.1. The van der Waals surface area contributed by atoms with Gasteiger partial charge in [0.1, 0.15) is 6.04 Å². The van der Waals surface area contributed by atoms with E-state index in [2.05, 4.69) is 10.4 Å². The third-order valence-electron chi connectivity index (χ3n) is 2.92. The zero-order chi connectivity index (χ0) is 15.2. The number of aliphatic hydroxyl groups is 1. The minimum atomic E-state index is -1.18. The van der Waals surface area contributed by atoms with Crippen molar-refractivity contribution >= 4 is 11.9 Å². The number of aliphatic carboxylic acids is 1. The molecule has 0 saturated heterocycles. The van der Waals surface area contributed by atoms with E-state index in [1.54, 1.807) is 47.4 Å².